The van der Waals surface area contributed by atoms with E-state index in [1.54, 1.807) is 0 Å². The quantitative estimate of drug-likeness (QED) is 0.0199. The Labute approximate surface area is 360 Å². The molecular formula is C40H92O13Si5. The van der Waals surface area contributed by atoms with Crippen LogP contribution in [0.2, 0.25) is 77.6 Å². The molecule has 58 heavy (non-hydrogen) atoms. The summed E-state index contributed by atoms with van der Waals surface area (Å²) in [5.41, 5.74) is 0. The second-order valence-corrected chi connectivity index (χ2v) is 38.9. The predicted octanol–water partition coefficient (Wildman–Crippen LogP) is 9.21. The van der Waals surface area contributed by atoms with Crippen molar-refractivity contribution >= 4 is 42.3 Å². The average molecular weight is 922 g/mol. The Morgan fingerprint density at radius 2 is 0.759 bits per heavy atom. The van der Waals surface area contributed by atoms with Crippen molar-refractivity contribution in [1.82, 2.24) is 0 Å². The van der Waals surface area contributed by atoms with Crippen molar-refractivity contribution in [3.05, 3.63) is 0 Å². The molecule has 0 aliphatic carbocycles. The zero-order valence-electron chi connectivity index (χ0n) is 39.1. The summed E-state index contributed by atoms with van der Waals surface area (Å²) in [5, 5.41) is 38.1. The third-order valence-corrected chi connectivity index (χ3v) is 27.4. The Hall–Kier alpha value is 0.564. The molecule has 0 aromatic heterocycles. The minimum absolute atomic E-state index is 0.0622. The first-order chi connectivity index (χ1) is 27.1. The van der Waals surface area contributed by atoms with Crippen molar-refractivity contribution in [2.75, 3.05) is 46.2 Å². The van der Waals surface area contributed by atoms with Crippen LogP contribution < -0.4 is 0 Å². The monoisotopic (exact) mass is 921 g/mol. The zero-order chi connectivity index (χ0) is 44.0. The number of hydrogen-bond donors (Lipinski definition) is 4. The predicted molar refractivity (Wildman–Crippen MR) is 245 cm³/mol. The summed E-state index contributed by atoms with van der Waals surface area (Å²) in [4.78, 5) is 19.4. The molecule has 0 aromatic carbocycles. The van der Waals surface area contributed by atoms with Gasteiger partial charge in [0, 0.05) is 6.61 Å². The van der Waals surface area contributed by atoms with Gasteiger partial charge in [-0.2, -0.15) is 0 Å². The largest absolute Gasteiger partial charge is 0.437 e. The van der Waals surface area contributed by atoms with Crippen molar-refractivity contribution in [3.63, 3.8) is 0 Å². The molecule has 0 radical (unpaired) electrons. The van der Waals surface area contributed by atoms with E-state index in [0.29, 0.717) is 6.61 Å². The van der Waals surface area contributed by atoms with Gasteiger partial charge in [0.15, 0.2) is 16.6 Å². The van der Waals surface area contributed by atoms with Crippen molar-refractivity contribution < 1.29 is 61.2 Å². The van der Waals surface area contributed by atoms with Crippen LogP contribution in [0.4, 0.5) is 0 Å². The first-order valence-electron chi connectivity index (χ1n) is 22.7. The van der Waals surface area contributed by atoms with Gasteiger partial charge in [-0.05, 0) is 84.0 Å². The van der Waals surface area contributed by atoms with Crippen LogP contribution in [0.25, 0.3) is 0 Å². The van der Waals surface area contributed by atoms with Crippen LogP contribution in [0.5, 0.6) is 0 Å². The molecule has 0 fully saturated rings. The fourth-order valence-electron chi connectivity index (χ4n) is 6.99. The molecule has 0 saturated carbocycles. The fraction of sp³-hybridized carbons (Fsp3) is 1.00. The second-order valence-electron chi connectivity index (χ2n) is 18.8. The Kier molecular flexibility index (Phi) is 33.4. The summed E-state index contributed by atoms with van der Waals surface area (Å²) >= 11 is 0. The maximum atomic E-state index is 10.3. The normalized spacial score (nSPS) is 16.6. The van der Waals surface area contributed by atoms with Crippen molar-refractivity contribution in [2.45, 2.75) is 212 Å². The SMILES string of the molecule is CCCCCCCCCCCCCCCCCC[Si](C)(O[Si](C)(C)O[Si](C)(C)C)O[Si](C)(CCCOCC(O)COOCC(O)COOCC(O)CO)O[Si](C)(C)C. The van der Waals surface area contributed by atoms with E-state index in [-0.39, 0.29) is 33.0 Å². The van der Waals surface area contributed by atoms with Gasteiger partial charge < -0.3 is 41.6 Å². The van der Waals surface area contributed by atoms with Gasteiger partial charge in [0.25, 0.3) is 0 Å². The molecule has 5 unspecified atom stereocenters. The van der Waals surface area contributed by atoms with E-state index in [9.17, 15) is 15.3 Å². The molecule has 350 valence electrons. The lowest BCUT2D eigenvalue weighted by molar-refractivity contribution is -0.341. The minimum atomic E-state index is -2.70. The molecule has 0 rings (SSSR count). The van der Waals surface area contributed by atoms with Gasteiger partial charge >= 0.3 is 25.7 Å². The molecule has 0 bridgehead atoms. The average Bonchev–Trinajstić information content (AvgIpc) is 3.09. The Morgan fingerprint density at radius 1 is 0.397 bits per heavy atom. The summed E-state index contributed by atoms with van der Waals surface area (Å²) < 4.78 is 33.8. The Morgan fingerprint density at radius 3 is 1.17 bits per heavy atom. The molecule has 5 atom stereocenters. The second kappa shape index (κ2) is 33.1. The van der Waals surface area contributed by atoms with E-state index in [1.165, 1.54) is 96.3 Å². The molecule has 13 nitrogen and oxygen atoms in total. The van der Waals surface area contributed by atoms with Crippen LogP contribution in [0.3, 0.4) is 0 Å². The lowest BCUT2D eigenvalue weighted by Gasteiger charge is -2.44. The van der Waals surface area contributed by atoms with E-state index < -0.39 is 67.2 Å². The molecule has 0 amide bonds. The highest BCUT2D eigenvalue weighted by Crippen LogP contribution is 2.32. The van der Waals surface area contributed by atoms with Gasteiger partial charge in [0.1, 0.15) is 44.7 Å². The fourth-order valence-corrected chi connectivity index (χ4v) is 30.8. The van der Waals surface area contributed by atoms with Crippen LogP contribution in [0.15, 0.2) is 0 Å². The maximum Gasteiger partial charge on any atom is 0.317 e. The molecule has 0 heterocycles. The first-order valence-corrected chi connectivity index (χ1v) is 37.3. The molecule has 0 aliphatic heterocycles. The van der Waals surface area contributed by atoms with E-state index >= 15 is 0 Å². The highest BCUT2D eigenvalue weighted by atomic mass is 28.5. The highest BCUT2D eigenvalue weighted by Gasteiger charge is 2.48. The minimum Gasteiger partial charge on any atom is -0.437 e. The summed E-state index contributed by atoms with van der Waals surface area (Å²) in [6.07, 6.45) is 19.1. The third kappa shape index (κ3) is 37.1. The van der Waals surface area contributed by atoms with Gasteiger partial charge in [0.05, 0.1) is 13.2 Å². The summed E-state index contributed by atoms with van der Waals surface area (Å²) in [6.45, 7) is 23.6. The summed E-state index contributed by atoms with van der Waals surface area (Å²) in [6, 6.07) is 1.67. The molecule has 4 N–H and O–H groups in total. The molecular weight excluding hydrogens is 829 g/mol. The van der Waals surface area contributed by atoms with E-state index in [0.717, 1.165) is 24.9 Å². The number of aliphatic hydroxyl groups excluding tert-OH is 4. The van der Waals surface area contributed by atoms with Crippen molar-refractivity contribution in [1.29, 1.82) is 0 Å². The molecule has 0 aliphatic rings. The van der Waals surface area contributed by atoms with Gasteiger partial charge in [-0.3, -0.25) is 0 Å². The van der Waals surface area contributed by atoms with E-state index in [4.69, 9.17) is 41.0 Å². The Balaban J connectivity index is 4.92. The standard InChI is InChI=1S/C40H92O13Si5/c1-12-13-14-15-16-17-18-19-20-21-22-23-24-25-26-27-30-58(11,52-56(8,9)50-54(2,3)4)53-57(10,51-55(5,6)7)31-28-29-45-33-39(43)35-47-49-37-40(44)36-48-46-34-38(42)32-41/h38-44H,12-37H2,1-11H3. The number of rotatable bonds is 42. The van der Waals surface area contributed by atoms with Crippen LogP contribution in [0.1, 0.15) is 116 Å². The van der Waals surface area contributed by atoms with Crippen LogP contribution in [-0.4, -0.2) is 127 Å². The topological polar surface area (TPSA) is 164 Å². The van der Waals surface area contributed by atoms with Gasteiger partial charge in [0.2, 0.25) is 0 Å². The number of unbranched alkanes of at least 4 members (excludes halogenated alkanes) is 15. The first kappa shape index (κ1) is 58.6. The van der Waals surface area contributed by atoms with Crippen molar-refractivity contribution in [3.8, 4) is 0 Å². The Bertz CT molecular complexity index is 963. The van der Waals surface area contributed by atoms with E-state index in [2.05, 4.69) is 77.3 Å². The summed E-state index contributed by atoms with van der Waals surface area (Å²) in [5.74, 6) is 0. The van der Waals surface area contributed by atoms with Crippen LogP contribution in [0, 0.1) is 0 Å². The molecule has 18 heteroatoms. The third-order valence-electron chi connectivity index (χ3n) is 9.10. The van der Waals surface area contributed by atoms with E-state index in [1.807, 2.05) is 0 Å². The highest BCUT2D eigenvalue weighted by molar-refractivity contribution is 6.90. The lowest BCUT2D eigenvalue weighted by atomic mass is 10.0. The smallest absolute Gasteiger partial charge is 0.317 e. The molecule has 0 saturated heterocycles. The maximum absolute atomic E-state index is 10.3. The lowest BCUT2D eigenvalue weighted by Crippen LogP contribution is -2.60. The van der Waals surface area contributed by atoms with Gasteiger partial charge in [-0.1, -0.05) is 110 Å². The van der Waals surface area contributed by atoms with Gasteiger partial charge in [-0.25, -0.2) is 19.6 Å². The summed E-state index contributed by atoms with van der Waals surface area (Å²) in [7, 11) is -11.7. The molecule has 0 spiro atoms. The van der Waals surface area contributed by atoms with Gasteiger partial charge in [-0.15, -0.1) is 0 Å². The number of aliphatic hydroxyl groups is 4. The zero-order valence-corrected chi connectivity index (χ0v) is 44.1. The van der Waals surface area contributed by atoms with Crippen molar-refractivity contribution in [2.24, 2.45) is 0 Å². The number of hydrogen-bond acceptors (Lipinski definition) is 13. The van der Waals surface area contributed by atoms with Crippen LogP contribution in [-0.2, 0) is 40.7 Å². The number of ether oxygens (including phenoxy) is 1. The van der Waals surface area contributed by atoms with Crippen LogP contribution >= 0.6 is 0 Å². The molecule has 0 aromatic rings.